The Morgan fingerprint density at radius 3 is 2.73 bits per heavy atom. The Labute approximate surface area is 147 Å². The molecule has 0 radical (unpaired) electrons. The average Bonchev–Trinajstić information content (AvgIpc) is 2.61. The summed E-state index contributed by atoms with van der Waals surface area (Å²) in [6.45, 7) is 1.54. The predicted molar refractivity (Wildman–Crippen MR) is 94.3 cm³/mol. The van der Waals surface area contributed by atoms with E-state index in [9.17, 15) is 19.7 Å². The maximum Gasteiger partial charge on any atom is 0.336 e. The van der Waals surface area contributed by atoms with Gasteiger partial charge in [-0.05, 0) is 31.2 Å². The Morgan fingerprint density at radius 1 is 1.19 bits per heavy atom. The number of nitro benzene ring substituents is 1. The van der Waals surface area contributed by atoms with E-state index in [0.717, 1.165) is 5.39 Å². The molecule has 0 saturated heterocycles. The molecule has 0 spiro atoms. The van der Waals surface area contributed by atoms with Gasteiger partial charge in [0.1, 0.15) is 11.3 Å². The van der Waals surface area contributed by atoms with Crippen LogP contribution in [0.5, 0.6) is 5.75 Å². The van der Waals surface area contributed by atoms with Crippen molar-refractivity contribution in [1.82, 2.24) is 0 Å². The van der Waals surface area contributed by atoms with Crippen molar-refractivity contribution >= 4 is 28.3 Å². The molecule has 2 aromatic carbocycles. The molecule has 1 N–H and O–H groups in total. The van der Waals surface area contributed by atoms with Gasteiger partial charge in [0.25, 0.3) is 11.6 Å². The summed E-state index contributed by atoms with van der Waals surface area (Å²) < 4.78 is 10.6. The van der Waals surface area contributed by atoms with E-state index < -0.39 is 22.6 Å². The van der Waals surface area contributed by atoms with Crippen LogP contribution in [0.4, 0.5) is 11.4 Å². The number of ether oxygens (including phenoxy) is 1. The molecule has 1 amide bonds. The molecule has 1 aromatic heterocycles. The van der Waals surface area contributed by atoms with Crippen LogP contribution in [-0.4, -0.2) is 16.9 Å². The summed E-state index contributed by atoms with van der Waals surface area (Å²) in [5.74, 6) is -0.117. The zero-order valence-corrected chi connectivity index (χ0v) is 13.7. The first-order valence-electron chi connectivity index (χ1n) is 7.68. The predicted octanol–water partition coefficient (Wildman–Crippen LogP) is 3.11. The van der Waals surface area contributed by atoms with Crippen LogP contribution in [0.3, 0.4) is 0 Å². The number of hydrogen-bond acceptors (Lipinski definition) is 6. The van der Waals surface area contributed by atoms with Gasteiger partial charge >= 0.3 is 5.63 Å². The van der Waals surface area contributed by atoms with E-state index in [1.165, 1.54) is 37.3 Å². The van der Waals surface area contributed by atoms with E-state index in [2.05, 4.69) is 5.32 Å². The summed E-state index contributed by atoms with van der Waals surface area (Å²) >= 11 is 0. The van der Waals surface area contributed by atoms with Gasteiger partial charge in [0, 0.05) is 35.3 Å². The first kappa shape index (κ1) is 17.2. The lowest BCUT2D eigenvalue weighted by molar-refractivity contribution is -0.384. The van der Waals surface area contributed by atoms with Gasteiger partial charge in [-0.2, -0.15) is 0 Å². The van der Waals surface area contributed by atoms with Crippen molar-refractivity contribution in [3.8, 4) is 5.75 Å². The SMILES string of the molecule is CC(Oc1ccc2ccc(=O)oc2c1)C(=O)Nc1cccc([N+](=O)[O-])c1. The van der Waals surface area contributed by atoms with Crippen molar-refractivity contribution < 1.29 is 18.9 Å². The molecule has 0 aliphatic carbocycles. The van der Waals surface area contributed by atoms with E-state index in [0.29, 0.717) is 17.0 Å². The van der Waals surface area contributed by atoms with Crippen LogP contribution in [0, 0.1) is 10.1 Å². The van der Waals surface area contributed by atoms with Crippen LogP contribution in [0.25, 0.3) is 11.0 Å². The molecule has 3 aromatic rings. The topological polar surface area (TPSA) is 112 Å². The standard InChI is InChI=1S/C18H14N2O6/c1-11(18(22)19-13-3-2-4-14(9-13)20(23)24)25-15-7-5-12-6-8-17(21)26-16(12)10-15/h2-11H,1H3,(H,19,22). The lowest BCUT2D eigenvalue weighted by Crippen LogP contribution is -2.30. The van der Waals surface area contributed by atoms with Gasteiger partial charge in [0.15, 0.2) is 6.10 Å². The molecule has 0 fully saturated rings. The molecule has 8 nitrogen and oxygen atoms in total. The minimum Gasteiger partial charge on any atom is -0.481 e. The fourth-order valence-electron chi connectivity index (χ4n) is 2.31. The maximum absolute atomic E-state index is 12.2. The molecule has 3 rings (SSSR count). The molecule has 8 heteroatoms. The summed E-state index contributed by atoms with van der Waals surface area (Å²) in [5, 5.41) is 14.1. The Bertz CT molecular complexity index is 1040. The fraction of sp³-hybridized carbons (Fsp3) is 0.111. The number of non-ortho nitro benzene ring substituents is 1. The Morgan fingerprint density at radius 2 is 1.96 bits per heavy atom. The largest absolute Gasteiger partial charge is 0.481 e. The third-order valence-corrected chi connectivity index (χ3v) is 3.60. The number of nitro groups is 1. The van der Waals surface area contributed by atoms with E-state index in [1.54, 1.807) is 24.3 Å². The number of anilines is 1. The summed E-state index contributed by atoms with van der Waals surface area (Å²) in [4.78, 5) is 33.8. The van der Waals surface area contributed by atoms with Crippen LogP contribution >= 0.6 is 0 Å². The number of nitrogens with one attached hydrogen (secondary N) is 1. The Hall–Kier alpha value is -3.68. The highest BCUT2D eigenvalue weighted by Crippen LogP contribution is 2.21. The van der Waals surface area contributed by atoms with Gasteiger partial charge in [-0.3, -0.25) is 14.9 Å². The third-order valence-electron chi connectivity index (χ3n) is 3.60. The van der Waals surface area contributed by atoms with Gasteiger partial charge in [-0.25, -0.2) is 4.79 Å². The van der Waals surface area contributed by atoms with Gasteiger partial charge in [-0.15, -0.1) is 0 Å². The molecule has 0 aliphatic heterocycles. The second-order valence-corrected chi connectivity index (χ2v) is 5.51. The van der Waals surface area contributed by atoms with E-state index in [4.69, 9.17) is 9.15 Å². The lowest BCUT2D eigenvalue weighted by Gasteiger charge is -2.15. The normalized spacial score (nSPS) is 11.7. The monoisotopic (exact) mass is 354 g/mol. The smallest absolute Gasteiger partial charge is 0.336 e. The average molecular weight is 354 g/mol. The second-order valence-electron chi connectivity index (χ2n) is 5.51. The molecule has 1 atom stereocenters. The van der Waals surface area contributed by atoms with Crippen molar-refractivity contribution in [1.29, 1.82) is 0 Å². The van der Waals surface area contributed by atoms with Gasteiger partial charge < -0.3 is 14.5 Å². The highest BCUT2D eigenvalue weighted by Gasteiger charge is 2.16. The highest BCUT2D eigenvalue weighted by molar-refractivity contribution is 5.94. The number of nitrogens with zero attached hydrogens (tertiary/aromatic N) is 1. The van der Waals surface area contributed by atoms with Crippen molar-refractivity contribution in [3.63, 3.8) is 0 Å². The number of amides is 1. The first-order valence-corrected chi connectivity index (χ1v) is 7.68. The highest BCUT2D eigenvalue weighted by atomic mass is 16.6. The number of carbonyl (C=O) groups is 1. The van der Waals surface area contributed by atoms with Gasteiger partial charge in [0.05, 0.1) is 4.92 Å². The quantitative estimate of drug-likeness (QED) is 0.428. The van der Waals surface area contributed by atoms with Crippen molar-refractivity contribution in [2.75, 3.05) is 5.32 Å². The van der Waals surface area contributed by atoms with Crippen LogP contribution in [0.15, 0.2) is 63.8 Å². The number of rotatable bonds is 5. The molecular formula is C18H14N2O6. The van der Waals surface area contributed by atoms with Crippen molar-refractivity contribution in [3.05, 3.63) is 75.1 Å². The summed E-state index contributed by atoms with van der Waals surface area (Å²) in [7, 11) is 0. The van der Waals surface area contributed by atoms with E-state index in [1.807, 2.05) is 0 Å². The minimum absolute atomic E-state index is 0.124. The molecule has 0 saturated carbocycles. The summed E-state index contributed by atoms with van der Waals surface area (Å²) in [6.07, 6.45) is -0.873. The number of fused-ring (bicyclic) bond motifs is 1. The molecular weight excluding hydrogens is 340 g/mol. The van der Waals surface area contributed by atoms with Crippen molar-refractivity contribution in [2.24, 2.45) is 0 Å². The van der Waals surface area contributed by atoms with E-state index in [-0.39, 0.29) is 5.69 Å². The number of carbonyl (C=O) groups excluding carboxylic acids is 1. The zero-order chi connectivity index (χ0) is 18.7. The van der Waals surface area contributed by atoms with Crippen LogP contribution in [0.1, 0.15) is 6.92 Å². The van der Waals surface area contributed by atoms with Crippen LogP contribution in [-0.2, 0) is 4.79 Å². The lowest BCUT2D eigenvalue weighted by atomic mass is 10.2. The molecule has 1 unspecified atom stereocenters. The van der Waals surface area contributed by atoms with Gasteiger partial charge in [0.2, 0.25) is 0 Å². The summed E-state index contributed by atoms with van der Waals surface area (Å²) in [5.41, 5.74) is 0.0393. The van der Waals surface area contributed by atoms with Gasteiger partial charge in [-0.1, -0.05) is 6.07 Å². The molecule has 1 heterocycles. The number of hydrogen-bond donors (Lipinski definition) is 1. The summed E-state index contributed by atoms with van der Waals surface area (Å²) in [6, 6.07) is 13.4. The zero-order valence-electron chi connectivity index (χ0n) is 13.7. The fourth-order valence-corrected chi connectivity index (χ4v) is 2.31. The third kappa shape index (κ3) is 3.86. The molecule has 132 valence electrons. The second kappa shape index (κ2) is 7.06. The Balaban J connectivity index is 1.72. The van der Waals surface area contributed by atoms with E-state index >= 15 is 0 Å². The molecule has 26 heavy (non-hydrogen) atoms. The minimum atomic E-state index is -0.873. The van der Waals surface area contributed by atoms with Crippen LogP contribution in [0.2, 0.25) is 0 Å². The van der Waals surface area contributed by atoms with Crippen molar-refractivity contribution in [2.45, 2.75) is 13.0 Å². The molecule has 0 bridgehead atoms. The maximum atomic E-state index is 12.2. The van der Waals surface area contributed by atoms with Crippen LogP contribution < -0.4 is 15.7 Å². The first-order chi connectivity index (χ1) is 12.4. The Kier molecular flexibility index (Phi) is 4.66. The molecule has 0 aliphatic rings. The number of benzene rings is 2.